The van der Waals surface area contributed by atoms with Gasteiger partial charge < -0.3 is 29.0 Å². The van der Waals surface area contributed by atoms with Crippen LogP contribution in [-0.2, 0) is 20.8 Å². The van der Waals surface area contributed by atoms with Crippen LogP contribution in [0, 0.1) is 0 Å². The highest BCUT2D eigenvalue weighted by Crippen LogP contribution is 2.33. The van der Waals surface area contributed by atoms with Crippen molar-refractivity contribution in [3.63, 3.8) is 0 Å². The molecular formula is C18H27N3O5. The van der Waals surface area contributed by atoms with Crippen molar-refractivity contribution in [2.75, 3.05) is 46.6 Å². The van der Waals surface area contributed by atoms with Crippen LogP contribution in [0.2, 0.25) is 0 Å². The molecule has 0 unspecified atom stereocenters. The SMILES string of the molecule is COCC(=O)N1CCN(C(=O)NCc2ccoc2)CCC12CCOCC2. The number of nitrogens with one attached hydrogen (secondary N) is 1. The normalized spacial score (nSPS) is 20.0. The average molecular weight is 365 g/mol. The summed E-state index contributed by atoms with van der Waals surface area (Å²) in [5.74, 6) is -0.0185. The molecule has 0 bridgehead atoms. The molecule has 0 atom stereocenters. The van der Waals surface area contributed by atoms with E-state index in [2.05, 4.69) is 5.32 Å². The van der Waals surface area contributed by atoms with E-state index in [9.17, 15) is 9.59 Å². The molecule has 26 heavy (non-hydrogen) atoms. The number of hydrogen-bond donors (Lipinski definition) is 1. The Balaban J connectivity index is 1.65. The van der Waals surface area contributed by atoms with Crippen LogP contribution < -0.4 is 5.32 Å². The molecule has 2 aliphatic heterocycles. The van der Waals surface area contributed by atoms with Crippen molar-refractivity contribution in [1.82, 2.24) is 15.1 Å². The van der Waals surface area contributed by atoms with Gasteiger partial charge in [-0.2, -0.15) is 0 Å². The van der Waals surface area contributed by atoms with Crippen LogP contribution in [0.1, 0.15) is 24.8 Å². The zero-order valence-corrected chi connectivity index (χ0v) is 15.2. The number of urea groups is 1. The van der Waals surface area contributed by atoms with E-state index in [1.165, 1.54) is 7.11 Å². The number of carbonyl (C=O) groups is 2. The van der Waals surface area contributed by atoms with Crippen LogP contribution in [0.5, 0.6) is 0 Å². The summed E-state index contributed by atoms with van der Waals surface area (Å²) < 4.78 is 15.6. The molecule has 0 radical (unpaired) electrons. The van der Waals surface area contributed by atoms with Gasteiger partial charge in [0.05, 0.1) is 12.5 Å². The molecule has 0 aromatic carbocycles. The van der Waals surface area contributed by atoms with Gasteiger partial charge in [-0.15, -0.1) is 0 Å². The number of nitrogens with zero attached hydrogens (tertiary/aromatic N) is 2. The van der Waals surface area contributed by atoms with Crippen LogP contribution in [0.3, 0.4) is 0 Å². The van der Waals surface area contributed by atoms with Gasteiger partial charge in [0.1, 0.15) is 6.61 Å². The second-order valence-corrected chi connectivity index (χ2v) is 6.84. The van der Waals surface area contributed by atoms with E-state index in [1.807, 2.05) is 11.0 Å². The lowest BCUT2D eigenvalue weighted by atomic mass is 9.84. The molecule has 8 heteroatoms. The molecule has 3 heterocycles. The zero-order chi connectivity index (χ0) is 18.4. The van der Waals surface area contributed by atoms with Gasteiger partial charge in [-0.05, 0) is 25.3 Å². The van der Waals surface area contributed by atoms with E-state index >= 15 is 0 Å². The Kier molecular flexibility index (Phi) is 6.16. The van der Waals surface area contributed by atoms with Gasteiger partial charge in [-0.25, -0.2) is 4.79 Å². The molecule has 0 aliphatic carbocycles. The monoisotopic (exact) mass is 365 g/mol. The minimum Gasteiger partial charge on any atom is -0.472 e. The Morgan fingerprint density at radius 1 is 1.23 bits per heavy atom. The fourth-order valence-electron chi connectivity index (χ4n) is 3.80. The van der Waals surface area contributed by atoms with Gasteiger partial charge in [0.2, 0.25) is 5.91 Å². The van der Waals surface area contributed by atoms with Crippen molar-refractivity contribution in [3.8, 4) is 0 Å². The van der Waals surface area contributed by atoms with Crippen molar-refractivity contribution in [2.24, 2.45) is 0 Å². The summed E-state index contributed by atoms with van der Waals surface area (Å²) in [6.45, 7) is 3.42. The highest BCUT2D eigenvalue weighted by molar-refractivity contribution is 5.79. The van der Waals surface area contributed by atoms with Crippen LogP contribution in [0.15, 0.2) is 23.0 Å². The maximum absolute atomic E-state index is 12.6. The van der Waals surface area contributed by atoms with Crippen molar-refractivity contribution in [2.45, 2.75) is 31.3 Å². The third-order valence-electron chi connectivity index (χ3n) is 5.32. The van der Waals surface area contributed by atoms with Crippen LogP contribution in [-0.4, -0.2) is 73.8 Å². The Morgan fingerprint density at radius 3 is 2.73 bits per heavy atom. The summed E-state index contributed by atoms with van der Waals surface area (Å²) in [5, 5.41) is 2.92. The summed E-state index contributed by atoms with van der Waals surface area (Å²) in [6.07, 6.45) is 5.55. The van der Waals surface area contributed by atoms with Gasteiger partial charge in [-0.3, -0.25) is 4.79 Å². The van der Waals surface area contributed by atoms with E-state index in [4.69, 9.17) is 13.9 Å². The first-order chi connectivity index (χ1) is 12.6. The summed E-state index contributed by atoms with van der Waals surface area (Å²) >= 11 is 0. The first-order valence-corrected chi connectivity index (χ1v) is 9.06. The molecule has 144 valence electrons. The predicted molar refractivity (Wildman–Crippen MR) is 93.5 cm³/mol. The molecule has 0 saturated carbocycles. The van der Waals surface area contributed by atoms with E-state index in [-0.39, 0.29) is 24.1 Å². The largest absolute Gasteiger partial charge is 0.472 e. The quantitative estimate of drug-likeness (QED) is 0.867. The van der Waals surface area contributed by atoms with Gasteiger partial charge in [-0.1, -0.05) is 0 Å². The van der Waals surface area contributed by atoms with Crippen molar-refractivity contribution < 1.29 is 23.5 Å². The Bertz CT molecular complexity index is 598. The third kappa shape index (κ3) is 4.19. The molecule has 8 nitrogen and oxygen atoms in total. The number of carbonyl (C=O) groups excluding carboxylic acids is 2. The molecule has 1 spiro atoms. The van der Waals surface area contributed by atoms with E-state index in [1.54, 1.807) is 17.4 Å². The van der Waals surface area contributed by atoms with Gasteiger partial charge in [0.25, 0.3) is 0 Å². The number of methoxy groups -OCH3 is 1. The Hall–Kier alpha value is -2.06. The molecular weight excluding hydrogens is 338 g/mol. The summed E-state index contributed by atoms with van der Waals surface area (Å²) in [4.78, 5) is 28.9. The first kappa shape index (κ1) is 18.7. The van der Waals surface area contributed by atoms with Crippen molar-refractivity contribution >= 4 is 11.9 Å². The number of ether oxygens (including phenoxy) is 2. The second kappa shape index (κ2) is 8.55. The van der Waals surface area contributed by atoms with Gasteiger partial charge >= 0.3 is 6.03 Å². The Morgan fingerprint density at radius 2 is 2.04 bits per heavy atom. The summed E-state index contributed by atoms with van der Waals surface area (Å²) in [7, 11) is 1.53. The summed E-state index contributed by atoms with van der Waals surface area (Å²) in [6, 6.07) is 1.71. The van der Waals surface area contributed by atoms with E-state index < -0.39 is 0 Å². The molecule has 1 N–H and O–H groups in total. The molecule has 2 fully saturated rings. The molecule has 3 rings (SSSR count). The highest BCUT2D eigenvalue weighted by atomic mass is 16.5. The van der Waals surface area contributed by atoms with Crippen LogP contribution in [0.4, 0.5) is 4.79 Å². The maximum atomic E-state index is 12.6. The fraction of sp³-hybridized carbons (Fsp3) is 0.667. The minimum atomic E-state index is -0.243. The van der Waals surface area contributed by atoms with Crippen molar-refractivity contribution in [1.29, 1.82) is 0 Å². The third-order valence-corrected chi connectivity index (χ3v) is 5.32. The van der Waals surface area contributed by atoms with Crippen molar-refractivity contribution in [3.05, 3.63) is 24.2 Å². The predicted octanol–water partition coefficient (Wildman–Crippen LogP) is 1.22. The smallest absolute Gasteiger partial charge is 0.317 e. The van der Waals surface area contributed by atoms with Crippen LogP contribution in [0.25, 0.3) is 0 Å². The number of rotatable bonds is 4. The minimum absolute atomic E-state index is 0.0185. The lowest BCUT2D eigenvalue weighted by molar-refractivity contribution is -0.145. The second-order valence-electron chi connectivity index (χ2n) is 6.84. The van der Waals surface area contributed by atoms with E-state index in [0.29, 0.717) is 39.4 Å². The zero-order valence-electron chi connectivity index (χ0n) is 15.2. The maximum Gasteiger partial charge on any atom is 0.317 e. The van der Waals surface area contributed by atoms with Gasteiger partial charge in [0.15, 0.2) is 0 Å². The lowest BCUT2D eigenvalue weighted by Crippen LogP contribution is -2.55. The number of furan rings is 1. The first-order valence-electron chi connectivity index (χ1n) is 9.06. The standard InChI is InChI=1S/C18H27N3O5/c1-24-14-16(22)21-8-7-20(6-3-18(21)4-10-25-11-5-18)17(23)19-12-15-2-9-26-13-15/h2,9,13H,3-8,10-12,14H2,1H3,(H,19,23). The average Bonchev–Trinajstić information content (AvgIpc) is 3.10. The number of hydrogen-bond acceptors (Lipinski definition) is 5. The Labute approximate surface area is 153 Å². The highest BCUT2D eigenvalue weighted by Gasteiger charge is 2.43. The van der Waals surface area contributed by atoms with Crippen LogP contribution >= 0.6 is 0 Å². The van der Waals surface area contributed by atoms with Gasteiger partial charge in [0, 0.05) is 57.6 Å². The lowest BCUT2D eigenvalue weighted by Gasteiger charge is -2.45. The topological polar surface area (TPSA) is 84.3 Å². The molecule has 2 saturated heterocycles. The molecule has 1 aromatic heterocycles. The van der Waals surface area contributed by atoms with E-state index in [0.717, 1.165) is 24.8 Å². The summed E-state index contributed by atoms with van der Waals surface area (Å²) in [5.41, 5.74) is 0.680. The molecule has 2 aliphatic rings. The number of amides is 3. The molecule has 3 amide bonds. The fourth-order valence-corrected chi connectivity index (χ4v) is 3.80. The molecule has 1 aromatic rings.